The predicted octanol–water partition coefficient (Wildman–Crippen LogP) is 4.99. The van der Waals surface area contributed by atoms with Gasteiger partial charge in [0.15, 0.2) is 0 Å². The lowest BCUT2D eigenvalue weighted by Gasteiger charge is -2.23. The summed E-state index contributed by atoms with van der Waals surface area (Å²) in [5.41, 5.74) is 6.97. The van der Waals surface area contributed by atoms with Crippen LogP contribution in [-0.2, 0) is 0 Å². The number of allylic oxidation sites excluding steroid dienone is 4. The van der Waals surface area contributed by atoms with Gasteiger partial charge in [-0.3, -0.25) is 0 Å². The number of benzene rings is 2. The van der Waals surface area contributed by atoms with Crippen LogP contribution >= 0.6 is 0 Å². The van der Waals surface area contributed by atoms with Crippen LogP contribution in [0.15, 0.2) is 66.8 Å². The minimum absolute atomic E-state index is 0.500. The fourth-order valence-electron chi connectivity index (χ4n) is 3.93. The molecule has 0 saturated carbocycles. The van der Waals surface area contributed by atoms with Crippen molar-refractivity contribution in [3.8, 4) is 0 Å². The van der Waals surface area contributed by atoms with Gasteiger partial charge < -0.3 is 0 Å². The van der Waals surface area contributed by atoms with Gasteiger partial charge in [0, 0.05) is 23.3 Å². The third kappa shape index (κ3) is 1.48. The summed E-state index contributed by atoms with van der Waals surface area (Å²) in [5.74, 6) is 2.48. The Kier molecular flexibility index (Phi) is 2.15. The molecule has 0 spiro atoms. The van der Waals surface area contributed by atoms with Gasteiger partial charge in [-0.05, 0) is 35.9 Å². The van der Waals surface area contributed by atoms with Gasteiger partial charge >= 0.3 is 0 Å². The molecule has 2 aromatic rings. The second-order valence-electron chi connectivity index (χ2n) is 6.00. The van der Waals surface area contributed by atoms with E-state index in [0.29, 0.717) is 11.8 Å². The Hall–Kier alpha value is -2.47. The van der Waals surface area contributed by atoms with Crippen LogP contribution in [0.5, 0.6) is 0 Å². The Labute approximate surface area is 125 Å². The summed E-state index contributed by atoms with van der Waals surface area (Å²) in [4.78, 5) is 0. The Bertz CT molecular complexity index is 819. The third-order valence-corrected chi connectivity index (χ3v) is 4.93. The maximum atomic E-state index is 2.43. The highest BCUT2D eigenvalue weighted by atomic mass is 14.4. The van der Waals surface area contributed by atoms with Crippen LogP contribution in [0.3, 0.4) is 0 Å². The van der Waals surface area contributed by atoms with Crippen LogP contribution in [0.2, 0.25) is 0 Å². The molecule has 3 aliphatic rings. The zero-order valence-electron chi connectivity index (χ0n) is 11.7. The van der Waals surface area contributed by atoms with Crippen LogP contribution < -0.4 is 0 Å². The Morgan fingerprint density at radius 2 is 1.52 bits per heavy atom. The van der Waals surface area contributed by atoms with E-state index in [2.05, 4.69) is 78.9 Å². The second-order valence-corrected chi connectivity index (χ2v) is 6.00. The first-order valence-electron chi connectivity index (χ1n) is 7.55. The van der Waals surface area contributed by atoms with E-state index in [0.717, 1.165) is 0 Å². The third-order valence-electron chi connectivity index (χ3n) is 4.93. The molecule has 0 heteroatoms. The minimum atomic E-state index is 0.500. The van der Waals surface area contributed by atoms with Crippen molar-refractivity contribution in [3.05, 3.63) is 94.9 Å². The molecule has 0 unspecified atom stereocenters. The summed E-state index contributed by atoms with van der Waals surface area (Å²) >= 11 is 0. The average molecular weight is 267 g/mol. The van der Waals surface area contributed by atoms with Crippen molar-refractivity contribution < 1.29 is 0 Å². The van der Waals surface area contributed by atoms with Crippen LogP contribution in [0.4, 0.5) is 0 Å². The smallest absolute Gasteiger partial charge is 0.0652 e. The molecular weight excluding hydrogens is 252 g/mol. The van der Waals surface area contributed by atoms with Crippen molar-refractivity contribution in [1.29, 1.82) is 0 Å². The van der Waals surface area contributed by atoms with Crippen molar-refractivity contribution in [2.24, 2.45) is 11.8 Å². The molecule has 0 N–H and O–H groups in total. The van der Waals surface area contributed by atoms with Gasteiger partial charge in [-0.25, -0.2) is 0 Å². The first kappa shape index (κ1) is 11.2. The van der Waals surface area contributed by atoms with Gasteiger partial charge in [0.05, 0.1) is 23.3 Å². The molecule has 0 saturated heterocycles. The Morgan fingerprint density at radius 3 is 2.48 bits per heavy atom. The molecule has 5 rings (SSSR count). The van der Waals surface area contributed by atoms with Gasteiger partial charge in [-0.15, -0.1) is 0 Å². The van der Waals surface area contributed by atoms with Crippen LogP contribution in [-0.4, -0.2) is 0 Å². The molecule has 0 aliphatic heterocycles. The van der Waals surface area contributed by atoms with E-state index in [9.17, 15) is 0 Å². The molecule has 2 atom stereocenters. The van der Waals surface area contributed by atoms with E-state index >= 15 is 0 Å². The number of rotatable bonds is 0. The van der Waals surface area contributed by atoms with Gasteiger partial charge in [-0.2, -0.15) is 0 Å². The maximum absolute atomic E-state index is 2.43. The van der Waals surface area contributed by atoms with E-state index in [1.807, 2.05) is 0 Å². The van der Waals surface area contributed by atoms with E-state index in [4.69, 9.17) is 0 Å². The molecule has 0 fully saturated rings. The maximum Gasteiger partial charge on any atom is 0.106 e. The molecule has 21 heavy (non-hydrogen) atoms. The summed E-state index contributed by atoms with van der Waals surface area (Å²) in [6, 6.07) is 17.5. The lowest BCUT2D eigenvalue weighted by Crippen LogP contribution is -2.17. The molecule has 0 amide bonds. The number of hydrogen-bond donors (Lipinski definition) is 0. The number of fused-ring (bicyclic) bond motifs is 7. The fourth-order valence-corrected chi connectivity index (χ4v) is 3.93. The quantitative estimate of drug-likeness (QED) is 0.590. The monoisotopic (exact) mass is 267 g/mol. The topological polar surface area (TPSA) is 0 Å². The molecular formula is C21H15+. The SMILES string of the molecule is C1=C[C@@H]2C(=C[C+]3c4ccccc4C=C[C@H]32)c2ccccc21. The molecule has 0 bridgehead atoms. The lowest BCUT2D eigenvalue weighted by molar-refractivity contribution is 0.649. The minimum Gasteiger partial charge on any atom is -0.0652 e. The highest BCUT2D eigenvalue weighted by molar-refractivity contribution is 5.87. The Balaban J connectivity index is 1.71. The summed E-state index contributed by atoms with van der Waals surface area (Å²) in [6.45, 7) is 0. The standard InChI is InChI=1S/C21H15/c1-3-7-16-14(5-1)9-11-18-19-12-10-15-6-2-4-8-17(15)21(19)13-20(16)18/h1-13,18-19H/q+1/t18-,19-/m0/s1. The highest BCUT2D eigenvalue weighted by Gasteiger charge is 2.45. The highest BCUT2D eigenvalue weighted by Crippen LogP contribution is 2.52. The molecule has 2 aromatic carbocycles. The molecule has 98 valence electrons. The van der Waals surface area contributed by atoms with E-state index in [-0.39, 0.29) is 0 Å². The van der Waals surface area contributed by atoms with Crippen LogP contribution in [0.1, 0.15) is 22.3 Å². The average Bonchev–Trinajstić information content (AvgIpc) is 2.94. The van der Waals surface area contributed by atoms with Crippen molar-refractivity contribution in [2.45, 2.75) is 0 Å². The van der Waals surface area contributed by atoms with E-state index in [1.165, 1.54) is 33.7 Å². The summed E-state index contributed by atoms with van der Waals surface area (Å²) in [6.07, 6.45) is 11.8. The molecule has 0 aromatic heterocycles. The zero-order valence-corrected chi connectivity index (χ0v) is 11.7. The first-order valence-corrected chi connectivity index (χ1v) is 7.55. The summed E-state index contributed by atoms with van der Waals surface area (Å²) in [5, 5.41) is 0. The van der Waals surface area contributed by atoms with Crippen molar-refractivity contribution in [3.63, 3.8) is 0 Å². The van der Waals surface area contributed by atoms with E-state index in [1.54, 1.807) is 0 Å². The summed E-state index contributed by atoms with van der Waals surface area (Å²) in [7, 11) is 0. The molecule has 0 heterocycles. The second kappa shape index (κ2) is 4.02. The molecule has 3 aliphatic carbocycles. The first-order chi connectivity index (χ1) is 10.4. The zero-order chi connectivity index (χ0) is 13.8. The van der Waals surface area contributed by atoms with Crippen molar-refractivity contribution in [1.82, 2.24) is 0 Å². The van der Waals surface area contributed by atoms with Crippen molar-refractivity contribution in [2.75, 3.05) is 0 Å². The normalized spacial score (nSPS) is 24.0. The van der Waals surface area contributed by atoms with Gasteiger partial charge in [0.25, 0.3) is 0 Å². The van der Waals surface area contributed by atoms with E-state index < -0.39 is 0 Å². The van der Waals surface area contributed by atoms with Crippen LogP contribution in [0.25, 0.3) is 17.7 Å². The lowest BCUT2D eigenvalue weighted by atomic mass is 9.75. The summed E-state index contributed by atoms with van der Waals surface area (Å²) < 4.78 is 0. The Morgan fingerprint density at radius 1 is 0.762 bits per heavy atom. The fraction of sp³-hybridized carbons (Fsp3) is 0.0952. The molecule has 0 nitrogen and oxygen atoms in total. The van der Waals surface area contributed by atoms with Crippen molar-refractivity contribution >= 4 is 17.7 Å². The largest absolute Gasteiger partial charge is 0.106 e. The molecule has 0 radical (unpaired) electrons. The van der Waals surface area contributed by atoms with Gasteiger partial charge in [0.1, 0.15) is 5.56 Å². The number of hydrogen-bond acceptors (Lipinski definition) is 0. The van der Waals surface area contributed by atoms with Gasteiger partial charge in [0.2, 0.25) is 0 Å². The predicted molar refractivity (Wildman–Crippen MR) is 88.3 cm³/mol. The van der Waals surface area contributed by atoms with Gasteiger partial charge in [-0.1, -0.05) is 36.4 Å². The van der Waals surface area contributed by atoms with Crippen LogP contribution in [0, 0.1) is 17.8 Å².